The van der Waals surface area contributed by atoms with E-state index in [0.717, 1.165) is 22.7 Å². The first-order chi connectivity index (χ1) is 9.66. The van der Waals surface area contributed by atoms with Gasteiger partial charge in [-0.1, -0.05) is 0 Å². The van der Waals surface area contributed by atoms with Crippen molar-refractivity contribution in [1.82, 2.24) is 10.3 Å². The van der Waals surface area contributed by atoms with Crippen molar-refractivity contribution in [3.05, 3.63) is 21.1 Å². The Morgan fingerprint density at radius 2 is 1.81 bits per heavy atom. The highest BCUT2D eigenvalue weighted by Crippen LogP contribution is 2.39. The zero-order valence-electron chi connectivity index (χ0n) is 14.0. The standard InChI is InChI=1S/C15H25BN2O2S/c1-10-13(21-11(2)18-10)8-12(9-17-7)16-19-14(3,4)15(5,6)20-16/h8,17H,9H2,1-7H3. The van der Waals surface area contributed by atoms with Crippen LogP contribution in [0.25, 0.3) is 6.08 Å². The minimum Gasteiger partial charge on any atom is -0.400 e. The molecule has 1 aromatic heterocycles. The third kappa shape index (κ3) is 3.39. The summed E-state index contributed by atoms with van der Waals surface area (Å²) in [5.74, 6) is 0. The van der Waals surface area contributed by atoms with Crippen LogP contribution < -0.4 is 5.32 Å². The Labute approximate surface area is 132 Å². The molecule has 1 fully saturated rings. The van der Waals surface area contributed by atoms with Crippen molar-refractivity contribution in [2.24, 2.45) is 0 Å². The molecule has 1 saturated heterocycles. The normalized spacial score (nSPS) is 21.1. The van der Waals surface area contributed by atoms with Gasteiger partial charge in [0.05, 0.1) is 21.9 Å². The number of thiazole rings is 1. The van der Waals surface area contributed by atoms with Crippen LogP contribution in [0, 0.1) is 13.8 Å². The topological polar surface area (TPSA) is 43.4 Å². The van der Waals surface area contributed by atoms with Gasteiger partial charge < -0.3 is 14.6 Å². The quantitative estimate of drug-likeness (QED) is 0.869. The zero-order chi connectivity index (χ0) is 15.8. The van der Waals surface area contributed by atoms with Crippen molar-refractivity contribution < 1.29 is 9.31 Å². The van der Waals surface area contributed by atoms with E-state index in [-0.39, 0.29) is 18.3 Å². The molecule has 1 N–H and O–H groups in total. The van der Waals surface area contributed by atoms with Crippen molar-refractivity contribution in [3.8, 4) is 0 Å². The van der Waals surface area contributed by atoms with E-state index in [1.54, 1.807) is 11.3 Å². The van der Waals surface area contributed by atoms with Gasteiger partial charge in [0.2, 0.25) is 0 Å². The molecule has 0 spiro atoms. The average Bonchev–Trinajstić information content (AvgIpc) is 2.75. The van der Waals surface area contributed by atoms with Gasteiger partial charge in [-0.2, -0.15) is 0 Å². The Bertz CT molecular complexity index is 536. The van der Waals surface area contributed by atoms with Gasteiger partial charge in [0.15, 0.2) is 0 Å². The van der Waals surface area contributed by atoms with Crippen molar-refractivity contribution in [2.75, 3.05) is 13.6 Å². The summed E-state index contributed by atoms with van der Waals surface area (Å²) in [6.07, 6.45) is 2.15. The molecule has 0 aliphatic carbocycles. The average molecular weight is 308 g/mol. The molecule has 21 heavy (non-hydrogen) atoms. The van der Waals surface area contributed by atoms with Crippen LogP contribution in [0.4, 0.5) is 0 Å². The molecular formula is C15H25BN2O2S. The molecule has 0 unspecified atom stereocenters. The van der Waals surface area contributed by atoms with Crippen molar-refractivity contribution in [3.63, 3.8) is 0 Å². The summed E-state index contributed by atoms with van der Waals surface area (Å²) < 4.78 is 12.3. The van der Waals surface area contributed by atoms with Crippen LogP contribution in [0.2, 0.25) is 0 Å². The molecule has 2 rings (SSSR count). The number of aromatic nitrogens is 1. The van der Waals surface area contributed by atoms with Gasteiger partial charge in [-0.3, -0.25) is 0 Å². The molecule has 0 atom stereocenters. The predicted octanol–water partition coefficient (Wildman–Crippen LogP) is 2.99. The molecule has 116 valence electrons. The third-order valence-corrected chi connectivity index (χ3v) is 5.21. The van der Waals surface area contributed by atoms with Crippen molar-refractivity contribution >= 4 is 24.5 Å². The van der Waals surface area contributed by atoms with E-state index in [1.807, 2.05) is 20.9 Å². The summed E-state index contributed by atoms with van der Waals surface area (Å²) in [6.45, 7) is 13.1. The fourth-order valence-electron chi connectivity index (χ4n) is 2.25. The van der Waals surface area contributed by atoms with Crippen LogP contribution in [-0.4, -0.2) is 36.9 Å². The molecule has 6 heteroatoms. The maximum Gasteiger partial charge on any atom is 0.491 e. The number of hydrogen-bond donors (Lipinski definition) is 1. The van der Waals surface area contributed by atoms with Gasteiger partial charge in [0.1, 0.15) is 0 Å². The first-order valence-corrected chi connectivity index (χ1v) is 8.12. The minimum atomic E-state index is -0.316. The van der Waals surface area contributed by atoms with Gasteiger partial charge in [-0.05, 0) is 60.1 Å². The first kappa shape index (κ1) is 16.7. The highest BCUT2D eigenvalue weighted by Gasteiger charge is 2.52. The lowest BCUT2D eigenvalue weighted by atomic mass is 9.77. The fraction of sp³-hybridized carbons (Fsp3) is 0.667. The molecule has 0 saturated carbocycles. The zero-order valence-corrected chi connectivity index (χ0v) is 14.9. The summed E-state index contributed by atoms with van der Waals surface area (Å²) in [5, 5.41) is 4.28. The summed E-state index contributed by atoms with van der Waals surface area (Å²) in [6, 6.07) is 0. The van der Waals surface area contributed by atoms with E-state index in [4.69, 9.17) is 9.31 Å². The SMILES string of the molecule is CNCC(=Cc1sc(C)nc1C)B1OC(C)(C)C(C)(C)O1. The molecule has 0 amide bonds. The van der Waals surface area contributed by atoms with Crippen LogP contribution in [0.1, 0.15) is 43.3 Å². The molecule has 0 radical (unpaired) electrons. The molecular weight excluding hydrogens is 283 g/mol. The van der Waals surface area contributed by atoms with Crippen LogP contribution in [0.5, 0.6) is 0 Å². The van der Waals surface area contributed by atoms with Gasteiger partial charge in [0, 0.05) is 11.4 Å². The predicted molar refractivity (Wildman–Crippen MR) is 89.6 cm³/mol. The number of likely N-dealkylation sites (N-methyl/N-ethyl adjacent to an activating group) is 1. The second-order valence-corrected chi connectivity index (χ2v) is 7.76. The van der Waals surface area contributed by atoms with Crippen molar-refractivity contribution in [2.45, 2.75) is 52.7 Å². The number of rotatable bonds is 4. The van der Waals surface area contributed by atoms with E-state index < -0.39 is 0 Å². The maximum absolute atomic E-state index is 6.15. The molecule has 1 aliphatic rings. The van der Waals surface area contributed by atoms with Gasteiger partial charge in [-0.25, -0.2) is 4.98 Å². The number of aryl methyl sites for hydroxylation is 2. The highest BCUT2D eigenvalue weighted by molar-refractivity contribution is 7.12. The molecule has 0 bridgehead atoms. The van der Waals surface area contributed by atoms with Crippen molar-refractivity contribution in [1.29, 1.82) is 0 Å². The lowest BCUT2D eigenvalue weighted by Gasteiger charge is -2.32. The van der Waals surface area contributed by atoms with E-state index in [1.165, 1.54) is 4.88 Å². The third-order valence-electron chi connectivity index (χ3n) is 4.19. The number of hydrogen-bond acceptors (Lipinski definition) is 5. The summed E-state index contributed by atoms with van der Waals surface area (Å²) in [4.78, 5) is 5.65. The lowest BCUT2D eigenvalue weighted by Crippen LogP contribution is -2.41. The van der Waals surface area contributed by atoms with E-state index in [9.17, 15) is 0 Å². The van der Waals surface area contributed by atoms with Gasteiger partial charge >= 0.3 is 7.12 Å². The smallest absolute Gasteiger partial charge is 0.400 e. The second kappa shape index (κ2) is 5.84. The monoisotopic (exact) mass is 308 g/mol. The summed E-state index contributed by atoms with van der Waals surface area (Å²) >= 11 is 1.70. The minimum absolute atomic E-state index is 0.316. The Morgan fingerprint density at radius 1 is 1.24 bits per heavy atom. The Kier molecular flexibility index (Phi) is 4.64. The van der Waals surface area contributed by atoms with Crippen LogP contribution >= 0.6 is 11.3 Å². The Morgan fingerprint density at radius 3 is 2.24 bits per heavy atom. The molecule has 1 aliphatic heterocycles. The van der Waals surface area contributed by atoms with Gasteiger partial charge in [-0.15, -0.1) is 11.3 Å². The molecule has 0 aromatic carbocycles. The second-order valence-electron chi connectivity index (χ2n) is 6.52. The van der Waals surface area contributed by atoms with E-state index in [0.29, 0.717) is 0 Å². The highest BCUT2D eigenvalue weighted by atomic mass is 32.1. The molecule has 1 aromatic rings. The van der Waals surface area contributed by atoms with E-state index >= 15 is 0 Å². The first-order valence-electron chi connectivity index (χ1n) is 7.31. The largest absolute Gasteiger partial charge is 0.491 e. The number of nitrogens with zero attached hydrogens (tertiary/aromatic N) is 1. The lowest BCUT2D eigenvalue weighted by molar-refractivity contribution is 0.00578. The molecule has 4 nitrogen and oxygen atoms in total. The number of nitrogens with one attached hydrogen (secondary N) is 1. The summed E-state index contributed by atoms with van der Waals surface area (Å²) in [7, 11) is 1.62. The Hall–Kier alpha value is -0.685. The van der Waals surface area contributed by atoms with Gasteiger partial charge in [0.25, 0.3) is 0 Å². The van der Waals surface area contributed by atoms with Crippen LogP contribution in [-0.2, 0) is 9.31 Å². The Balaban J connectivity index is 2.31. The van der Waals surface area contributed by atoms with E-state index in [2.05, 4.69) is 44.1 Å². The fourth-order valence-corrected chi connectivity index (χ4v) is 3.15. The van der Waals surface area contributed by atoms with Crippen LogP contribution in [0.3, 0.4) is 0 Å². The molecule has 2 heterocycles. The maximum atomic E-state index is 6.15. The summed E-state index contributed by atoms with van der Waals surface area (Å²) in [5.41, 5.74) is 1.53. The van der Waals surface area contributed by atoms with Crippen LogP contribution in [0.15, 0.2) is 5.47 Å².